The fraction of sp³-hybridized carbons (Fsp3) is 0.111. The summed E-state index contributed by atoms with van der Waals surface area (Å²) < 4.78 is 31.1. The van der Waals surface area contributed by atoms with Crippen LogP contribution in [0.25, 0.3) is 0 Å². The van der Waals surface area contributed by atoms with E-state index in [9.17, 15) is 18.4 Å². The highest BCUT2D eigenvalue weighted by atomic mass is 19.1. The van der Waals surface area contributed by atoms with Crippen LogP contribution in [0.15, 0.2) is 6.07 Å². The Hall–Kier alpha value is -1.98. The lowest BCUT2D eigenvalue weighted by molar-refractivity contribution is -0.112. The Bertz CT molecular complexity index is 485. The van der Waals surface area contributed by atoms with Crippen molar-refractivity contribution in [3.8, 4) is 5.75 Å². The number of hydrogen-bond acceptors (Lipinski definition) is 3. The number of Topliss-reactive ketones (excluding diaryl/α,β-unsaturated/α-hetero) is 1. The Kier molecular flexibility index (Phi) is 1.92. The lowest BCUT2D eigenvalue weighted by Gasteiger charge is -2.06. The smallest absolute Gasteiger partial charge is 0.296 e. The van der Waals surface area contributed by atoms with E-state index >= 15 is 0 Å². The fourth-order valence-electron chi connectivity index (χ4n) is 1.38. The van der Waals surface area contributed by atoms with Crippen LogP contribution in [0, 0.1) is 11.6 Å². The first kappa shape index (κ1) is 9.57. The number of ketones is 1. The van der Waals surface area contributed by atoms with Crippen molar-refractivity contribution < 1.29 is 23.1 Å². The molecule has 0 saturated carbocycles. The second kappa shape index (κ2) is 3.01. The molecule has 0 fully saturated rings. The van der Waals surface area contributed by atoms with Crippen LogP contribution in [0.1, 0.15) is 10.4 Å². The van der Waals surface area contributed by atoms with E-state index in [1.807, 2.05) is 5.32 Å². The molecule has 4 nitrogen and oxygen atoms in total. The monoisotopic (exact) mass is 213 g/mol. The molecule has 78 valence electrons. The van der Waals surface area contributed by atoms with Crippen LogP contribution in [0.3, 0.4) is 0 Å². The normalized spacial score (nSPS) is 13.8. The number of carbonyl (C=O) groups excluding carboxylic acids is 2. The molecule has 0 spiro atoms. The highest BCUT2D eigenvalue weighted by Crippen LogP contribution is 2.34. The third-order valence-corrected chi connectivity index (χ3v) is 2.07. The zero-order valence-corrected chi connectivity index (χ0v) is 7.56. The first-order valence-corrected chi connectivity index (χ1v) is 3.98. The molecular weight excluding hydrogens is 208 g/mol. The maximum Gasteiger partial charge on any atom is 0.296 e. The number of fused-ring (bicyclic) bond motifs is 1. The molecule has 1 aliphatic heterocycles. The molecule has 1 N–H and O–H groups in total. The third-order valence-electron chi connectivity index (χ3n) is 2.07. The number of nitrogens with one attached hydrogen (secondary N) is 1. The summed E-state index contributed by atoms with van der Waals surface area (Å²) in [5.74, 6) is -4.64. The Morgan fingerprint density at radius 3 is 2.60 bits per heavy atom. The summed E-state index contributed by atoms with van der Waals surface area (Å²) in [5, 5.41) is 2.01. The van der Waals surface area contributed by atoms with Gasteiger partial charge in [-0.3, -0.25) is 9.59 Å². The zero-order valence-electron chi connectivity index (χ0n) is 7.56. The number of anilines is 1. The van der Waals surface area contributed by atoms with Gasteiger partial charge in [0.05, 0.1) is 18.4 Å². The van der Waals surface area contributed by atoms with Gasteiger partial charge in [0.25, 0.3) is 11.7 Å². The summed E-state index contributed by atoms with van der Waals surface area (Å²) in [6.45, 7) is 0. The van der Waals surface area contributed by atoms with Crippen molar-refractivity contribution in [2.24, 2.45) is 0 Å². The molecule has 1 amide bonds. The second-order valence-corrected chi connectivity index (χ2v) is 2.91. The molecule has 1 aromatic rings. The summed E-state index contributed by atoms with van der Waals surface area (Å²) in [7, 11) is 1.09. The minimum Gasteiger partial charge on any atom is -0.491 e. The van der Waals surface area contributed by atoms with Crippen molar-refractivity contribution in [3.63, 3.8) is 0 Å². The van der Waals surface area contributed by atoms with Crippen LogP contribution in [-0.4, -0.2) is 18.8 Å². The Morgan fingerprint density at radius 2 is 2.00 bits per heavy atom. The van der Waals surface area contributed by atoms with E-state index in [2.05, 4.69) is 4.74 Å². The van der Waals surface area contributed by atoms with Gasteiger partial charge in [-0.2, -0.15) is 0 Å². The Morgan fingerprint density at radius 1 is 1.33 bits per heavy atom. The molecule has 0 aliphatic carbocycles. The van der Waals surface area contributed by atoms with Gasteiger partial charge < -0.3 is 10.1 Å². The zero-order chi connectivity index (χ0) is 11.2. The van der Waals surface area contributed by atoms with E-state index in [1.54, 1.807) is 0 Å². The Labute approximate surface area is 82.8 Å². The van der Waals surface area contributed by atoms with Gasteiger partial charge >= 0.3 is 0 Å². The van der Waals surface area contributed by atoms with Crippen LogP contribution < -0.4 is 10.1 Å². The van der Waals surface area contributed by atoms with E-state index in [4.69, 9.17) is 0 Å². The average Bonchev–Trinajstić information content (AvgIpc) is 2.46. The first-order chi connectivity index (χ1) is 7.06. The number of rotatable bonds is 1. The summed E-state index contributed by atoms with van der Waals surface area (Å²) in [4.78, 5) is 22.0. The molecule has 0 aromatic heterocycles. The predicted octanol–water partition coefficient (Wildman–Crippen LogP) is 1.11. The minimum atomic E-state index is -1.08. The minimum absolute atomic E-state index is 0.309. The molecule has 6 heteroatoms. The SMILES string of the molecule is COc1c(F)cc2c(c1F)NC(=O)C2=O. The predicted molar refractivity (Wildman–Crippen MR) is 45.9 cm³/mol. The molecule has 1 aromatic carbocycles. The van der Waals surface area contributed by atoms with Gasteiger partial charge in [0.2, 0.25) is 0 Å². The molecule has 0 saturated heterocycles. The summed E-state index contributed by atoms with van der Waals surface area (Å²) in [5.41, 5.74) is -0.640. The molecule has 0 unspecified atom stereocenters. The third kappa shape index (κ3) is 1.18. The summed E-state index contributed by atoms with van der Waals surface area (Å²) in [6, 6.07) is 0.775. The molecule has 0 bridgehead atoms. The largest absolute Gasteiger partial charge is 0.491 e. The number of hydrogen-bond donors (Lipinski definition) is 1. The summed E-state index contributed by atoms with van der Waals surface area (Å²) >= 11 is 0. The Balaban J connectivity index is 2.72. The number of methoxy groups -OCH3 is 1. The number of halogens is 2. The topological polar surface area (TPSA) is 55.4 Å². The number of ether oxygens (including phenoxy) is 1. The van der Waals surface area contributed by atoms with Gasteiger partial charge in [-0.15, -0.1) is 0 Å². The van der Waals surface area contributed by atoms with Crippen LogP contribution in [0.4, 0.5) is 14.5 Å². The highest BCUT2D eigenvalue weighted by Gasteiger charge is 2.33. The van der Waals surface area contributed by atoms with Crippen molar-refractivity contribution in [2.45, 2.75) is 0 Å². The van der Waals surface area contributed by atoms with Crippen molar-refractivity contribution in [3.05, 3.63) is 23.3 Å². The number of carbonyl (C=O) groups is 2. The molecule has 0 radical (unpaired) electrons. The first-order valence-electron chi connectivity index (χ1n) is 3.98. The maximum atomic E-state index is 13.4. The van der Waals surface area contributed by atoms with Gasteiger partial charge in [0.15, 0.2) is 17.4 Å². The lowest BCUT2D eigenvalue weighted by atomic mass is 10.1. The lowest BCUT2D eigenvalue weighted by Crippen LogP contribution is -2.12. The van der Waals surface area contributed by atoms with E-state index in [-0.39, 0.29) is 11.3 Å². The van der Waals surface area contributed by atoms with E-state index < -0.39 is 29.1 Å². The van der Waals surface area contributed by atoms with E-state index in [1.165, 1.54) is 0 Å². The van der Waals surface area contributed by atoms with Crippen LogP contribution in [-0.2, 0) is 4.79 Å². The van der Waals surface area contributed by atoms with Gasteiger partial charge in [0.1, 0.15) is 0 Å². The molecule has 15 heavy (non-hydrogen) atoms. The van der Waals surface area contributed by atoms with E-state index in [0.29, 0.717) is 0 Å². The van der Waals surface area contributed by atoms with Gasteiger partial charge in [-0.1, -0.05) is 0 Å². The molecule has 0 atom stereocenters. The standard InChI is InChI=1S/C9H5F2NO3/c1-15-8-4(10)2-3-6(5(8)11)12-9(14)7(3)13/h2H,1H3,(H,12,13,14). The molecular formula is C9H5F2NO3. The van der Waals surface area contributed by atoms with Crippen LogP contribution >= 0.6 is 0 Å². The quantitative estimate of drug-likeness (QED) is 0.711. The second-order valence-electron chi connectivity index (χ2n) is 2.91. The maximum absolute atomic E-state index is 13.4. The van der Waals surface area contributed by atoms with Gasteiger partial charge in [-0.25, -0.2) is 8.78 Å². The number of amides is 1. The van der Waals surface area contributed by atoms with Crippen LogP contribution in [0.2, 0.25) is 0 Å². The molecule has 1 aliphatic rings. The molecule has 1 heterocycles. The van der Waals surface area contributed by atoms with Gasteiger partial charge in [-0.05, 0) is 6.07 Å². The fourth-order valence-corrected chi connectivity index (χ4v) is 1.38. The van der Waals surface area contributed by atoms with Crippen LogP contribution in [0.5, 0.6) is 5.75 Å². The van der Waals surface area contributed by atoms with Crippen molar-refractivity contribution in [2.75, 3.05) is 12.4 Å². The molecule has 2 rings (SSSR count). The van der Waals surface area contributed by atoms with Crippen molar-refractivity contribution in [1.29, 1.82) is 0 Å². The average molecular weight is 213 g/mol. The van der Waals surface area contributed by atoms with Crippen molar-refractivity contribution >= 4 is 17.4 Å². The van der Waals surface area contributed by atoms with Gasteiger partial charge in [0, 0.05) is 0 Å². The van der Waals surface area contributed by atoms with Crippen molar-refractivity contribution in [1.82, 2.24) is 0 Å². The van der Waals surface area contributed by atoms with E-state index in [0.717, 1.165) is 13.2 Å². The summed E-state index contributed by atoms with van der Waals surface area (Å²) in [6.07, 6.45) is 0. The highest BCUT2D eigenvalue weighted by molar-refractivity contribution is 6.51. The number of benzene rings is 1.